The molecule has 1 aliphatic rings. The van der Waals surface area contributed by atoms with E-state index in [1.807, 2.05) is 42.5 Å². The fraction of sp³-hybridized carbons (Fsp3) is 0.118. The number of benzene rings is 2. The molecule has 1 aliphatic heterocycles. The van der Waals surface area contributed by atoms with Crippen LogP contribution >= 0.6 is 0 Å². The number of fused-ring (bicyclic) bond motifs is 1. The van der Waals surface area contributed by atoms with Crippen molar-refractivity contribution in [2.24, 2.45) is 0 Å². The minimum atomic E-state index is 0.233. The first-order valence-corrected chi connectivity index (χ1v) is 7.58. The Morgan fingerprint density at radius 1 is 1.00 bits per heavy atom. The topological polar surface area (TPSA) is 90.4 Å². The standard InChI is InChI=1S/C17H15N5O3/c1-23-13-4-2-3-11(7-13)19-16-9-18-22-17(21-16)20-12-5-6-14-15(8-12)25-10-24-14/h2-9H,10H2,1H3,(H2,19,20,21,22). The van der Waals surface area contributed by atoms with E-state index >= 15 is 0 Å². The molecule has 3 aromatic rings. The van der Waals surface area contributed by atoms with Crippen molar-refractivity contribution < 1.29 is 14.2 Å². The summed E-state index contributed by atoms with van der Waals surface area (Å²) in [6.07, 6.45) is 1.55. The van der Waals surface area contributed by atoms with Crippen LogP contribution in [0.3, 0.4) is 0 Å². The Morgan fingerprint density at radius 3 is 2.80 bits per heavy atom. The predicted molar refractivity (Wildman–Crippen MR) is 92.0 cm³/mol. The first-order chi connectivity index (χ1) is 12.3. The molecule has 2 aromatic carbocycles. The maximum absolute atomic E-state index is 5.36. The molecule has 0 bridgehead atoms. The summed E-state index contributed by atoms with van der Waals surface area (Å²) in [4.78, 5) is 4.40. The summed E-state index contributed by atoms with van der Waals surface area (Å²) >= 11 is 0. The highest BCUT2D eigenvalue weighted by atomic mass is 16.7. The molecule has 8 heteroatoms. The van der Waals surface area contributed by atoms with Gasteiger partial charge in [-0.05, 0) is 24.3 Å². The van der Waals surface area contributed by atoms with Gasteiger partial charge in [-0.2, -0.15) is 10.1 Å². The van der Waals surface area contributed by atoms with Gasteiger partial charge < -0.3 is 24.8 Å². The minimum absolute atomic E-state index is 0.233. The van der Waals surface area contributed by atoms with Crippen molar-refractivity contribution >= 4 is 23.1 Å². The minimum Gasteiger partial charge on any atom is -0.497 e. The van der Waals surface area contributed by atoms with Crippen LogP contribution in [0.5, 0.6) is 17.2 Å². The van der Waals surface area contributed by atoms with Crippen molar-refractivity contribution in [1.29, 1.82) is 0 Å². The molecule has 2 heterocycles. The second-order valence-electron chi connectivity index (χ2n) is 5.22. The van der Waals surface area contributed by atoms with Crippen LogP contribution in [0.25, 0.3) is 0 Å². The van der Waals surface area contributed by atoms with Gasteiger partial charge >= 0.3 is 0 Å². The number of aromatic nitrogens is 3. The van der Waals surface area contributed by atoms with Crippen LogP contribution in [-0.4, -0.2) is 29.1 Å². The lowest BCUT2D eigenvalue weighted by Gasteiger charge is -2.09. The van der Waals surface area contributed by atoms with Crippen molar-refractivity contribution in [3.05, 3.63) is 48.7 Å². The number of hydrogen-bond donors (Lipinski definition) is 2. The number of nitrogens with zero attached hydrogens (tertiary/aromatic N) is 3. The normalized spacial score (nSPS) is 11.9. The van der Waals surface area contributed by atoms with Crippen LogP contribution in [-0.2, 0) is 0 Å². The van der Waals surface area contributed by atoms with E-state index in [1.165, 1.54) is 0 Å². The summed E-state index contributed by atoms with van der Waals surface area (Å²) in [6, 6.07) is 13.1. The summed E-state index contributed by atoms with van der Waals surface area (Å²) in [6.45, 7) is 0.233. The lowest BCUT2D eigenvalue weighted by molar-refractivity contribution is 0.174. The molecule has 126 valence electrons. The molecule has 0 spiro atoms. The zero-order valence-electron chi connectivity index (χ0n) is 13.4. The molecule has 8 nitrogen and oxygen atoms in total. The van der Waals surface area contributed by atoms with E-state index in [0.717, 1.165) is 22.9 Å². The van der Waals surface area contributed by atoms with Gasteiger partial charge in [0, 0.05) is 23.5 Å². The average molecular weight is 337 g/mol. The third kappa shape index (κ3) is 3.37. The fourth-order valence-electron chi connectivity index (χ4n) is 2.37. The van der Waals surface area contributed by atoms with Gasteiger partial charge in [0.25, 0.3) is 0 Å². The van der Waals surface area contributed by atoms with Crippen LogP contribution in [0.2, 0.25) is 0 Å². The van der Waals surface area contributed by atoms with Gasteiger partial charge in [0.05, 0.1) is 13.3 Å². The Kier molecular flexibility index (Phi) is 3.91. The second kappa shape index (κ2) is 6.52. The second-order valence-corrected chi connectivity index (χ2v) is 5.22. The maximum Gasteiger partial charge on any atom is 0.249 e. The van der Waals surface area contributed by atoms with Crippen molar-refractivity contribution in [1.82, 2.24) is 15.2 Å². The number of methoxy groups -OCH3 is 1. The third-order valence-electron chi connectivity index (χ3n) is 3.53. The quantitative estimate of drug-likeness (QED) is 0.734. The van der Waals surface area contributed by atoms with Gasteiger partial charge in [0.1, 0.15) is 5.75 Å². The molecular formula is C17H15N5O3. The average Bonchev–Trinajstić information content (AvgIpc) is 3.10. The number of ether oxygens (including phenoxy) is 3. The monoisotopic (exact) mass is 337 g/mol. The Labute approximate surface area is 143 Å². The molecule has 25 heavy (non-hydrogen) atoms. The highest BCUT2D eigenvalue weighted by molar-refractivity contribution is 5.62. The van der Waals surface area contributed by atoms with E-state index in [9.17, 15) is 0 Å². The van der Waals surface area contributed by atoms with Gasteiger partial charge in [-0.15, -0.1) is 5.10 Å². The Hall–Kier alpha value is -3.55. The van der Waals surface area contributed by atoms with E-state index in [1.54, 1.807) is 13.3 Å². The molecule has 1 aromatic heterocycles. The maximum atomic E-state index is 5.36. The van der Waals surface area contributed by atoms with E-state index < -0.39 is 0 Å². The molecule has 2 N–H and O–H groups in total. The molecule has 0 fully saturated rings. The molecule has 0 atom stereocenters. The van der Waals surface area contributed by atoms with Crippen molar-refractivity contribution in [3.8, 4) is 17.2 Å². The summed E-state index contributed by atoms with van der Waals surface area (Å²) in [5, 5.41) is 14.2. The summed E-state index contributed by atoms with van der Waals surface area (Å²) in [5.74, 6) is 3.09. The van der Waals surface area contributed by atoms with Gasteiger partial charge in [-0.25, -0.2) is 0 Å². The Balaban J connectivity index is 1.51. The van der Waals surface area contributed by atoms with E-state index in [4.69, 9.17) is 14.2 Å². The molecule has 0 amide bonds. The van der Waals surface area contributed by atoms with E-state index in [-0.39, 0.29) is 6.79 Å². The molecule has 0 radical (unpaired) electrons. The summed E-state index contributed by atoms with van der Waals surface area (Å²) in [5.41, 5.74) is 1.62. The van der Waals surface area contributed by atoms with Crippen LogP contribution in [0.4, 0.5) is 23.1 Å². The zero-order valence-corrected chi connectivity index (χ0v) is 13.4. The first-order valence-electron chi connectivity index (χ1n) is 7.58. The SMILES string of the molecule is COc1cccc(Nc2cnnc(Nc3ccc4c(c3)OCO4)n2)c1. The van der Waals surface area contributed by atoms with Crippen LogP contribution in [0.15, 0.2) is 48.7 Å². The highest BCUT2D eigenvalue weighted by Crippen LogP contribution is 2.34. The van der Waals surface area contributed by atoms with E-state index in [2.05, 4.69) is 25.8 Å². The highest BCUT2D eigenvalue weighted by Gasteiger charge is 2.13. The number of nitrogens with one attached hydrogen (secondary N) is 2. The predicted octanol–water partition coefficient (Wildman–Crippen LogP) is 3.10. The summed E-state index contributed by atoms with van der Waals surface area (Å²) in [7, 11) is 1.62. The smallest absolute Gasteiger partial charge is 0.249 e. The number of rotatable bonds is 5. The fourth-order valence-corrected chi connectivity index (χ4v) is 2.37. The Bertz CT molecular complexity index is 903. The van der Waals surface area contributed by atoms with E-state index in [0.29, 0.717) is 17.5 Å². The van der Waals surface area contributed by atoms with Crippen LogP contribution < -0.4 is 24.8 Å². The van der Waals surface area contributed by atoms with Crippen molar-refractivity contribution in [3.63, 3.8) is 0 Å². The van der Waals surface area contributed by atoms with Crippen molar-refractivity contribution in [2.45, 2.75) is 0 Å². The van der Waals surface area contributed by atoms with Crippen LogP contribution in [0, 0.1) is 0 Å². The molecular weight excluding hydrogens is 322 g/mol. The molecule has 0 saturated heterocycles. The Morgan fingerprint density at radius 2 is 1.88 bits per heavy atom. The molecule has 4 rings (SSSR count). The molecule has 0 saturated carbocycles. The van der Waals surface area contributed by atoms with Crippen LogP contribution in [0.1, 0.15) is 0 Å². The van der Waals surface area contributed by atoms with Gasteiger partial charge in [-0.3, -0.25) is 0 Å². The largest absolute Gasteiger partial charge is 0.497 e. The molecule has 0 unspecified atom stereocenters. The number of anilines is 4. The number of hydrogen-bond acceptors (Lipinski definition) is 8. The zero-order chi connectivity index (χ0) is 17.1. The molecule has 0 aliphatic carbocycles. The van der Waals surface area contributed by atoms with Gasteiger partial charge in [0.2, 0.25) is 12.7 Å². The lowest BCUT2D eigenvalue weighted by Crippen LogP contribution is -2.02. The third-order valence-corrected chi connectivity index (χ3v) is 3.53. The lowest BCUT2D eigenvalue weighted by atomic mass is 10.3. The first kappa shape index (κ1) is 15.0. The van der Waals surface area contributed by atoms with Gasteiger partial charge in [-0.1, -0.05) is 6.07 Å². The summed E-state index contributed by atoms with van der Waals surface area (Å²) < 4.78 is 15.9. The van der Waals surface area contributed by atoms with Gasteiger partial charge in [0.15, 0.2) is 17.3 Å². The van der Waals surface area contributed by atoms with Crippen molar-refractivity contribution in [2.75, 3.05) is 24.5 Å².